The molecule has 0 saturated heterocycles. The van der Waals surface area contributed by atoms with Crippen molar-refractivity contribution in [2.45, 2.75) is 39.3 Å². The summed E-state index contributed by atoms with van der Waals surface area (Å²) in [7, 11) is -2.70. The van der Waals surface area contributed by atoms with Crippen molar-refractivity contribution in [1.82, 2.24) is 4.57 Å². The van der Waals surface area contributed by atoms with Gasteiger partial charge in [-0.2, -0.15) is 0 Å². The summed E-state index contributed by atoms with van der Waals surface area (Å²) < 4.78 is 2.38. The smallest absolute Gasteiger partial charge is 0.0775 e. The first kappa shape index (κ1) is 33.7. The molecule has 0 aliphatic carbocycles. The van der Waals surface area contributed by atoms with Gasteiger partial charge < -0.3 is 9.47 Å². The summed E-state index contributed by atoms with van der Waals surface area (Å²) in [6.45, 7) is 14.4. The Morgan fingerprint density at radius 3 is 1.00 bits per heavy atom. The summed E-state index contributed by atoms with van der Waals surface area (Å²) in [6, 6.07) is 62.9. The van der Waals surface area contributed by atoms with Crippen molar-refractivity contribution in [3.05, 3.63) is 170 Å². The van der Waals surface area contributed by atoms with Crippen molar-refractivity contribution < 1.29 is 0 Å². The van der Waals surface area contributed by atoms with Crippen LogP contribution in [0.15, 0.2) is 170 Å². The number of anilines is 3. The largest absolute Gasteiger partial charge is 0.311 e. The highest BCUT2D eigenvalue weighted by Gasteiger charge is 2.19. The molecule has 0 aliphatic heterocycles. The SMILES string of the molecule is C[Si](C)(C)c1ccc(-c2ccc(N(c3ccc(-c4ccc([Si](C)(C)C)cc4)cc3)c3ccc(-n4c5ccccc5c5ccccc54)cc3)cc2)cc1. The molecule has 52 heavy (non-hydrogen) atoms. The molecule has 0 aliphatic rings. The molecule has 0 atom stereocenters. The van der Waals surface area contributed by atoms with Crippen molar-refractivity contribution in [1.29, 1.82) is 0 Å². The van der Waals surface area contributed by atoms with Crippen molar-refractivity contribution in [3.63, 3.8) is 0 Å². The lowest BCUT2D eigenvalue weighted by atomic mass is 10.0. The van der Waals surface area contributed by atoms with Gasteiger partial charge in [-0.05, 0) is 82.9 Å². The van der Waals surface area contributed by atoms with Gasteiger partial charge in [-0.3, -0.25) is 0 Å². The molecule has 256 valence electrons. The first-order valence-electron chi connectivity index (χ1n) is 18.4. The topological polar surface area (TPSA) is 8.17 Å². The quantitative estimate of drug-likeness (QED) is 0.143. The van der Waals surface area contributed by atoms with Crippen LogP contribution in [0.2, 0.25) is 39.3 Å². The highest BCUT2D eigenvalue weighted by atomic mass is 28.3. The molecule has 7 aromatic carbocycles. The summed E-state index contributed by atoms with van der Waals surface area (Å²) in [5.41, 5.74) is 11.9. The number of benzene rings is 7. The Labute approximate surface area is 310 Å². The lowest BCUT2D eigenvalue weighted by Crippen LogP contribution is -2.37. The van der Waals surface area contributed by atoms with E-state index < -0.39 is 16.1 Å². The van der Waals surface area contributed by atoms with Gasteiger partial charge in [-0.1, -0.05) is 159 Å². The fourth-order valence-electron chi connectivity index (χ4n) is 7.33. The highest BCUT2D eigenvalue weighted by Crippen LogP contribution is 2.38. The summed E-state index contributed by atoms with van der Waals surface area (Å²) in [6.07, 6.45) is 0. The maximum Gasteiger partial charge on any atom is 0.0775 e. The van der Waals surface area contributed by atoms with E-state index in [0.717, 1.165) is 22.7 Å². The number of fused-ring (bicyclic) bond motifs is 3. The van der Waals surface area contributed by atoms with Crippen LogP contribution in [0.3, 0.4) is 0 Å². The Morgan fingerprint density at radius 1 is 0.346 bits per heavy atom. The van der Waals surface area contributed by atoms with Crippen LogP contribution in [0.5, 0.6) is 0 Å². The van der Waals surface area contributed by atoms with Crippen molar-refractivity contribution in [3.8, 4) is 27.9 Å². The predicted molar refractivity (Wildman–Crippen MR) is 232 cm³/mol. The molecule has 8 rings (SSSR count). The van der Waals surface area contributed by atoms with E-state index in [0.29, 0.717) is 0 Å². The van der Waals surface area contributed by atoms with Gasteiger partial charge in [0, 0.05) is 33.5 Å². The van der Waals surface area contributed by atoms with E-state index >= 15 is 0 Å². The van der Waals surface area contributed by atoms with E-state index in [4.69, 9.17) is 0 Å². The van der Waals surface area contributed by atoms with Crippen LogP contribution in [0.4, 0.5) is 17.1 Å². The van der Waals surface area contributed by atoms with Crippen LogP contribution in [0.25, 0.3) is 49.7 Å². The van der Waals surface area contributed by atoms with Crippen LogP contribution in [-0.2, 0) is 0 Å². The predicted octanol–water partition coefficient (Wildman–Crippen LogP) is 12.7. The van der Waals surface area contributed by atoms with Gasteiger partial charge in [-0.25, -0.2) is 0 Å². The number of hydrogen-bond donors (Lipinski definition) is 0. The average Bonchev–Trinajstić information content (AvgIpc) is 3.50. The highest BCUT2D eigenvalue weighted by molar-refractivity contribution is 6.89. The van der Waals surface area contributed by atoms with Gasteiger partial charge in [-0.15, -0.1) is 0 Å². The minimum atomic E-state index is -1.35. The van der Waals surface area contributed by atoms with Gasteiger partial charge in [0.15, 0.2) is 0 Å². The molecule has 0 N–H and O–H groups in total. The average molecular weight is 707 g/mol. The number of aromatic nitrogens is 1. The zero-order valence-corrected chi connectivity index (χ0v) is 33.1. The Balaban J connectivity index is 1.17. The van der Waals surface area contributed by atoms with Crippen LogP contribution in [-0.4, -0.2) is 20.7 Å². The fourth-order valence-corrected chi connectivity index (χ4v) is 9.66. The van der Waals surface area contributed by atoms with Gasteiger partial charge >= 0.3 is 0 Å². The third-order valence-corrected chi connectivity index (χ3v) is 14.5. The molecule has 2 nitrogen and oxygen atoms in total. The van der Waals surface area contributed by atoms with E-state index in [1.165, 1.54) is 54.4 Å². The fraction of sp³-hybridized carbons (Fsp3) is 0.125. The third kappa shape index (κ3) is 6.45. The third-order valence-electron chi connectivity index (χ3n) is 10.4. The summed E-state index contributed by atoms with van der Waals surface area (Å²) >= 11 is 0. The van der Waals surface area contributed by atoms with E-state index in [2.05, 4.69) is 219 Å². The molecule has 0 saturated carbocycles. The Morgan fingerprint density at radius 2 is 0.654 bits per heavy atom. The molecule has 1 heterocycles. The molecule has 0 unspecified atom stereocenters. The van der Waals surface area contributed by atoms with Crippen LogP contribution >= 0.6 is 0 Å². The minimum absolute atomic E-state index is 1.11. The Hall–Kier alpha value is -5.43. The van der Waals surface area contributed by atoms with Crippen LogP contribution < -0.4 is 15.3 Å². The van der Waals surface area contributed by atoms with Crippen molar-refractivity contribution in [2.24, 2.45) is 0 Å². The normalized spacial score (nSPS) is 12.0. The second-order valence-electron chi connectivity index (χ2n) is 16.0. The van der Waals surface area contributed by atoms with Gasteiger partial charge in [0.05, 0.1) is 27.2 Å². The lowest BCUT2D eigenvalue weighted by Gasteiger charge is -2.26. The molecule has 0 fully saturated rings. The number of rotatable bonds is 8. The number of para-hydroxylation sites is 2. The molecule has 0 radical (unpaired) electrons. The molecule has 1 aromatic heterocycles. The zero-order chi connectivity index (χ0) is 36.0. The molecular formula is C48H46N2Si2. The van der Waals surface area contributed by atoms with Crippen LogP contribution in [0, 0.1) is 0 Å². The molecule has 8 aromatic rings. The first-order chi connectivity index (χ1) is 25.0. The maximum absolute atomic E-state index is 2.40. The Kier molecular flexibility index (Phi) is 8.61. The summed E-state index contributed by atoms with van der Waals surface area (Å²) in [5, 5.41) is 5.51. The maximum atomic E-state index is 2.40. The van der Waals surface area contributed by atoms with E-state index in [1.807, 2.05) is 0 Å². The summed E-state index contributed by atoms with van der Waals surface area (Å²) in [4.78, 5) is 2.37. The summed E-state index contributed by atoms with van der Waals surface area (Å²) in [5.74, 6) is 0. The standard InChI is InChI=1S/C48H46N2Si2/c1-51(2,3)43-31-19-37(20-32-43)35-15-23-39(24-16-35)49(40-25-17-36(18-26-40)38-21-33-44(34-22-38)52(4,5)6)41-27-29-42(30-28-41)50-47-13-9-7-11-45(47)46-12-8-10-14-48(46)50/h7-34H,1-6H3. The van der Waals surface area contributed by atoms with Gasteiger partial charge in [0.25, 0.3) is 0 Å². The van der Waals surface area contributed by atoms with E-state index in [9.17, 15) is 0 Å². The van der Waals surface area contributed by atoms with Crippen molar-refractivity contribution in [2.75, 3.05) is 4.90 Å². The number of nitrogens with zero attached hydrogens (tertiary/aromatic N) is 2. The second-order valence-corrected chi connectivity index (χ2v) is 26.1. The van der Waals surface area contributed by atoms with E-state index in [-0.39, 0.29) is 0 Å². The number of hydrogen-bond acceptors (Lipinski definition) is 1. The van der Waals surface area contributed by atoms with Crippen LogP contribution in [0.1, 0.15) is 0 Å². The Bertz CT molecular complexity index is 2330. The molecule has 0 spiro atoms. The van der Waals surface area contributed by atoms with Gasteiger partial charge in [0.2, 0.25) is 0 Å². The second kappa shape index (κ2) is 13.3. The van der Waals surface area contributed by atoms with Gasteiger partial charge in [0.1, 0.15) is 0 Å². The molecule has 0 bridgehead atoms. The van der Waals surface area contributed by atoms with Crippen molar-refractivity contribution >= 4 is 65.4 Å². The zero-order valence-electron chi connectivity index (χ0n) is 31.1. The minimum Gasteiger partial charge on any atom is -0.311 e. The molecular weight excluding hydrogens is 661 g/mol. The molecule has 4 heteroatoms. The molecule has 0 amide bonds. The first-order valence-corrected chi connectivity index (χ1v) is 25.4. The van der Waals surface area contributed by atoms with E-state index in [1.54, 1.807) is 0 Å². The monoisotopic (exact) mass is 706 g/mol. The lowest BCUT2D eigenvalue weighted by molar-refractivity contribution is 1.17.